The summed E-state index contributed by atoms with van der Waals surface area (Å²) >= 11 is 0. The minimum Gasteiger partial charge on any atom is -0.331 e. The van der Waals surface area contributed by atoms with Crippen molar-refractivity contribution in [1.29, 1.82) is 0 Å². The first-order valence-corrected chi connectivity index (χ1v) is 9.87. The summed E-state index contributed by atoms with van der Waals surface area (Å²) in [6.07, 6.45) is 10.7. The summed E-state index contributed by atoms with van der Waals surface area (Å²) in [6.45, 7) is 0. The summed E-state index contributed by atoms with van der Waals surface area (Å²) in [5, 5.41) is 2.76. The molecule has 0 saturated carbocycles. The van der Waals surface area contributed by atoms with Gasteiger partial charge >= 0.3 is 0 Å². The Morgan fingerprint density at radius 3 is 1.92 bits per heavy atom. The summed E-state index contributed by atoms with van der Waals surface area (Å²) in [5.41, 5.74) is 1.48. The molecule has 0 atom stereocenters. The van der Waals surface area contributed by atoms with Crippen molar-refractivity contribution in [2.45, 2.75) is 63.8 Å². The lowest BCUT2D eigenvalue weighted by molar-refractivity contribution is -0.355. The van der Waals surface area contributed by atoms with E-state index in [1.54, 1.807) is 21.3 Å². The SMILES string of the molecule is COC(CCCCCCCCCc1cccc2ccccc12)(OC)OC. The van der Waals surface area contributed by atoms with Crippen molar-refractivity contribution in [3.63, 3.8) is 0 Å². The highest BCUT2D eigenvalue weighted by atomic mass is 16.9. The fraction of sp³-hybridized carbons (Fsp3) is 0.565. The number of fused-ring (bicyclic) bond motifs is 1. The van der Waals surface area contributed by atoms with Crippen LogP contribution in [0.2, 0.25) is 0 Å². The fourth-order valence-corrected chi connectivity index (χ4v) is 3.61. The normalized spacial score (nSPS) is 12.0. The van der Waals surface area contributed by atoms with Gasteiger partial charge in [0.25, 0.3) is 5.97 Å². The average molecular weight is 359 g/mol. The molecule has 0 spiro atoms. The lowest BCUT2D eigenvalue weighted by Gasteiger charge is -2.28. The van der Waals surface area contributed by atoms with Crippen LogP contribution in [0.25, 0.3) is 10.8 Å². The van der Waals surface area contributed by atoms with E-state index in [1.165, 1.54) is 61.3 Å². The van der Waals surface area contributed by atoms with Gasteiger partial charge in [0.05, 0.1) is 0 Å². The molecule has 144 valence electrons. The zero-order valence-corrected chi connectivity index (χ0v) is 16.6. The van der Waals surface area contributed by atoms with Gasteiger partial charge in [0, 0.05) is 27.8 Å². The van der Waals surface area contributed by atoms with Gasteiger partial charge in [-0.25, -0.2) is 0 Å². The first kappa shape index (κ1) is 20.9. The maximum absolute atomic E-state index is 5.32. The van der Waals surface area contributed by atoms with Gasteiger partial charge in [0.2, 0.25) is 0 Å². The second-order valence-corrected chi connectivity index (χ2v) is 6.91. The highest BCUT2D eigenvalue weighted by Gasteiger charge is 2.28. The lowest BCUT2D eigenvalue weighted by Crippen LogP contribution is -2.35. The van der Waals surface area contributed by atoms with E-state index in [0.717, 1.165) is 12.8 Å². The molecule has 0 saturated heterocycles. The van der Waals surface area contributed by atoms with E-state index in [-0.39, 0.29) is 0 Å². The Morgan fingerprint density at radius 2 is 1.23 bits per heavy atom. The van der Waals surface area contributed by atoms with Gasteiger partial charge in [-0.15, -0.1) is 0 Å². The number of rotatable bonds is 13. The largest absolute Gasteiger partial charge is 0.331 e. The number of methoxy groups -OCH3 is 3. The van der Waals surface area contributed by atoms with Gasteiger partial charge in [-0.1, -0.05) is 74.6 Å². The fourth-order valence-electron chi connectivity index (χ4n) is 3.61. The van der Waals surface area contributed by atoms with Crippen LogP contribution in [0.15, 0.2) is 42.5 Å². The molecule has 26 heavy (non-hydrogen) atoms. The molecular formula is C23H34O3. The van der Waals surface area contributed by atoms with Crippen molar-refractivity contribution in [3.8, 4) is 0 Å². The molecule has 0 bridgehead atoms. The van der Waals surface area contributed by atoms with E-state index in [4.69, 9.17) is 14.2 Å². The molecule has 0 fully saturated rings. The number of aryl methyl sites for hydroxylation is 1. The van der Waals surface area contributed by atoms with Gasteiger partial charge < -0.3 is 14.2 Å². The predicted octanol–water partition coefficient (Wildman–Crippen LogP) is 6.10. The molecule has 2 aromatic carbocycles. The molecule has 0 aliphatic carbocycles. The summed E-state index contributed by atoms with van der Waals surface area (Å²) in [7, 11) is 4.88. The van der Waals surface area contributed by atoms with Crippen LogP contribution < -0.4 is 0 Å². The maximum atomic E-state index is 5.32. The Bertz CT molecular complexity index is 621. The van der Waals surface area contributed by atoms with Crippen molar-refractivity contribution >= 4 is 10.8 Å². The molecule has 0 aliphatic rings. The van der Waals surface area contributed by atoms with Gasteiger partial charge in [-0.05, 0) is 35.6 Å². The molecule has 2 aromatic rings. The molecule has 3 heteroatoms. The van der Waals surface area contributed by atoms with E-state index in [1.807, 2.05) is 0 Å². The molecule has 2 rings (SSSR count). The Labute approximate surface area is 158 Å². The van der Waals surface area contributed by atoms with E-state index < -0.39 is 5.97 Å². The van der Waals surface area contributed by atoms with Crippen LogP contribution in [-0.2, 0) is 20.6 Å². The van der Waals surface area contributed by atoms with Crippen LogP contribution in [-0.4, -0.2) is 27.3 Å². The maximum Gasteiger partial charge on any atom is 0.282 e. The van der Waals surface area contributed by atoms with Crippen molar-refractivity contribution in [2.24, 2.45) is 0 Å². The Morgan fingerprint density at radius 1 is 0.654 bits per heavy atom. The third kappa shape index (κ3) is 6.08. The third-order valence-electron chi connectivity index (χ3n) is 5.24. The van der Waals surface area contributed by atoms with E-state index in [0.29, 0.717) is 0 Å². The number of ether oxygens (including phenoxy) is 3. The van der Waals surface area contributed by atoms with Crippen LogP contribution in [0.1, 0.15) is 56.9 Å². The second kappa shape index (κ2) is 11.3. The highest BCUT2D eigenvalue weighted by Crippen LogP contribution is 2.22. The smallest absolute Gasteiger partial charge is 0.282 e. The third-order valence-corrected chi connectivity index (χ3v) is 5.24. The molecule has 3 nitrogen and oxygen atoms in total. The summed E-state index contributed by atoms with van der Waals surface area (Å²) in [6, 6.07) is 15.3. The van der Waals surface area contributed by atoms with Gasteiger partial charge in [-0.2, -0.15) is 0 Å². The summed E-state index contributed by atoms with van der Waals surface area (Å²) in [4.78, 5) is 0. The van der Waals surface area contributed by atoms with Gasteiger partial charge in [0.15, 0.2) is 0 Å². The van der Waals surface area contributed by atoms with Crippen molar-refractivity contribution in [3.05, 3.63) is 48.0 Å². The number of hydrogen-bond acceptors (Lipinski definition) is 3. The lowest BCUT2D eigenvalue weighted by atomic mass is 9.99. The minimum absolute atomic E-state index is 0.775. The van der Waals surface area contributed by atoms with Gasteiger partial charge in [0.1, 0.15) is 0 Å². The summed E-state index contributed by atoms with van der Waals surface area (Å²) in [5.74, 6) is -0.863. The first-order chi connectivity index (χ1) is 12.7. The number of benzene rings is 2. The topological polar surface area (TPSA) is 27.7 Å². The standard InChI is InChI=1S/C23H34O3/c1-24-23(25-2,26-3)19-12-8-6-4-5-7-9-14-20-16-13-17-21-15-10-11-18-22(20)21/h10-11,13,15-18H,4-9,12,14,19H2,1-3H3. The van der Waals surface area contributed by atoms with Crippen LogP contribution in [0.5, 0.6) is 0 Å². The summed E-state index contributed by atoms with van der Waals surface area (Å²) < 4.78 is 16.0. The first-order valence-electron chi connectivity index (χ1n) is 9.87. The molecule has 0 heterocycles. The molecule has 0 aliphatic heterocycles. The van der Waals surface area contributed by atoms with Crippen LogP contribution in [0, 0.1) is 0 Å². The molecule has 0 radical (unpaired) electrons. The molecular weight excluding hydrogens is 324 g/mol. The quantitative estimate of drug-likeness (QED) is 0.320. The van der Waals surface area contributed by atoms with E-state index in [9.17, 15) is 0 Å². The number of hydrogen-bond donors (Lipinski definition) is 0. The zero-order chi connectivity index (χ0) is 18.7. The average Bonchev–Trinajstić information content (AvgIpc) is 2.70. The number of unbranched alkanes of at least 4 members (excludes halogenated alkanes) is 6. The van der Waals surface area contributed by atoms with Gasteiger partial charge in [-0.3, -0.25) is 0 Å². The minimum atomic E-state index is -0.863. The van der Waals surface area contributed by atoms with Crippen molar-refractivity contribution in [2.75, 3.05) is 21.3 Å². The Kier molecular flexibility index (Phi) is 9.10. The second-order valence-electron chi connectivity index (χ2n) is 6.91. The monoisotopic (exact) mass is 358 g/mol. The van der Waals surface area contributed by atoms with Crippen LogP contribution >= 0.6 is 0 Å². The molecule has 0 aromatic heterocycles. The van der Waals surface area contributed by atoms with Crippen molar-refractivity contribution in [1.82, 2.24) is 0 Å². The molecule has 0 unspecified atom stereocenters. The van der Waals surface area contributed by atoms with E-state index in [2.05, 4.69) is 42.5 Å². The molecule has 0 N–H and O–H groups in total. The zero-order valence-electron chi connectivity index (χ0n) is 16.6. The van der Waals surface area contributed by atoms with E-state index >= 15 is 0 Å². The Hall–Kier alpha value is -1.42. The predicted molar refractivity (Wildman–Crippen MR) is 108 cm³/mol. The molecule has 0 amide bonds. The van der Waals surface area contributed by atoms with Crippen LogP contribution in [0.3, 0.4) is 0 Å². The van der Waals surface area contributed by atoms with Crippen LogP contribution in [0.4, 0.5) is 0 Å². The highest BCUT2D eigenvalue weighted by molar-refractivity contribution is 5.85. The van der Waals surface area contributed by atoms with Crippen molar-refractivity contribution < 1.29 is 14.2 Å². The Balaban J connectivity index is 1.57.